The lowest BCUT2D eigenvalue weighted by Gasteiger charge is -2.08. The largest absolute Gasteiger partial charge is 0.378 e. The molecule has 0 bridgehead atoms. The Hall–Kier alpha value is -2.21. The molecule has 104 valence electrons. The Bertz CT molecular complexity index is 648. The molecule has 0 aliphatic carbocycles. The fourth-order valence-corrected chi connectivity index (χ4v) is 1.74. The van der Waals surface area contributed by atoms with Crippen molar-refractivity contribution in [2.45, 2.75) is 6.54 Å². The van der Waals surface area contributed by atoms with Crippen molar-refractivity contribution in [2.75, 3.05) is 5.32 Å². The van der Waals surface area contributed by atoms with Crippen molar-refractivity contribution in [3.8, 4) is 0 Å². The summed E-state index contributed by atoms with van der Waals surface area (Å²) in [7, 11) is 0. The van der Waals surface area contributed by atoms with Crippen LogP contribution in [0.2, 0.25) is 5.02 Å². The fraction of sp³-hybridized carbons (Fsp3) is 0.0769. The van der Waals surface area contributed by atoms with Crippen LogP contribution < -0.4 is 5.32 Å². The van der Waals surface area contributed by atoms with Crippen molar-refractivity contribution in [3.63, 3.8) is 0 Å². The summed E-state index contributed by atoms with van der Waals surface area (Å²) in [5.74, 6) is -2.09. The van der Waals surface area contributed by atoms with E-state index in [2.05, 4.69) is 5.32 Å². The van der Waals surface area contributed by atoms with Gasteiger partial charge in [-0.05, 0) is 17.7 Å². The van der Waals surface area contributed by atoms with Crippen LogP contribution in [0.1, 0.15) is 5.56 Å². The second-order valence-corrected chi connectivity index (χ2v) is 4.46. The molecule has 0 radical (unpaired) electrons. The third-order valence-corrected chi connectivity index (χ3v) is 2.88. The van der Waals surface area contributed by atoms with Crippen LogP contribution in [0.25, 0.3) is 0 Å². The predicted octanol–water partition coefficient (Wildman–Crippen LogP) is 4.14. The first kappa shape index (κ1) is 14.2. The first-order chi connectivity index (χ1) is 9.47. The summed E-state index contributed by atoms with van der Waals surface area (Å²) in [5, 5.41) is 13.8. The number of nitro groups is 1. The van der Waals surface area contributed by atoms with Gasteiger partial charge in [0, 0.05) is 23.7 Å². The molecule has 0 atom stereocenters. The van der Waals surface area contributed by atoms with Gasteiger partial charge in [-0.25, -0.2) is 4.39 Å². The molecule has 0 saturated heterocycles. The monoisotopic (exact) mass is 298 g/mol. The highest BCUT2D eigenvalue weighted by molar-refractivity contribution is 6.30. The van der Waals surface area contributed by atoms with E-state index in [1.807, 2.05) is 0 Å². The lowest BCUT2D eigenvalue weighted by Crippen LogP contribution is -2.03. The van der Waals surface area contributed by atoms with Crippen LogP contribution >= 0.6 is 11.6 Å². The van der Waals surface area contributed by atoms with Crippen LogP contribution in [-0.2, 0) is 6.54 Å². The normalized spacial score (nSPS) is 10.3. The highest BCUT2D eigenvalue weighted by atomic mass is 35.5. The number of anilines is 1. The van der Waals surface area contributed by atoms with E-state index in [9.17, 15) is 18.9 Å². The van der Waals surface area contributed by atoms with Crippen molar-refractivity contribution in [3.05, 3.63) is 68.7 Å². The standard InChI is InChI=1S/C13H9ClF2N2O2/c14-9-3-1-8(2-4-9)7-17-12-6-13(18(19)20)11(16)5-10(12)15/h1-6,17H,7H2. The van der Waals surface area contributed by atoms with Gasteiger partial charge in [0.2, 0.25) is 5.82 Å². The van der Waals surface area contributed by atoms with E-state index in [-0.39, 0.29) is 12.2 Å². The minimum atomic E-state index is -1.20. The van der Waals surface area contributed by atoms with Gasteiger partial charge >= 0.3 is 5.69 Å². The van der Waals surface area contributed by atoms with E-state index in [0.717, 1.165) is 11.6 Å². The lowest BCUT2D eigenvalue weighted by atomic mass is 10.2. The summed E-state index contributed by atoms with van der Waals surface area (Å²) >= 11 is 5.73. The maximum atomic E-state index is 13.5. The molecule has 2 aromatic carbocycles. The van der Waals surface area contributed by atoms with Gasteiger partial charge in [0.25, 0.3) is 0 Å². The van der Waals surface area contributed by atoms with Gasteiger partial charge in [-0.1, -0.05) is 23.7 Å². The molecule has 0 fully saturated rings. The third-order valence-electron chi connectivity index (χ3n) is 2.63. The van der Waals surface area contributed by atoms with Crippen LogP contribution in [0.15, 0.2) is 36.4 Å². The lowest BCUT2D eigenvalue weighted by molar-refractivity contribution is -0.387. The second-order valence-electron chi connectivity index (χ2n) is 4.02. The molecule has 0 aliphatic rings. The molecule has 0 amide bonds. The SMILES string of the molecule is O=[N+]([O-])c1cc(NCc2ccc(Cl)cc2)c(F)cc1F. The summed E-state index contributed by atoms with van der Waals surface area (Å²) in [6.45, 7) is 0.233. The molecule has 0 saturated carbocycles. The third kappa shape index (κ3) is 3.21. The van der Waals surface area contributed by atoms with Gasteiger partial charge in [-0.15, -0.1) is 0 Å². The van der Waals surface area contributed by atoms with Crippen molar-refractivity contribution in [1.82, 2.24) is 0 Å². The Morgan fingerprint density at radius 3 is 2.40 bits per heavy atom. The molecule has 4 nitrogen and oxygen atoms in total. The number of rotatable bonds is 4. The molecule has 1 N–H and O–H groups in total. The van der Waals surface area contributed by atoms with Crippen LogP contribution in [0.3, 0.4) is 0 Å². The van der Waals surface area contributed by atoms with Gasteiger partial charge in [0.1, 0.15) is 5.82 Å². The average Bonchev–Trinajstić information content (AvgIpc) is 2.39. The molecule has 20 heavy (non-hydrogen) atoms. The molecular weight excluding hydrogens is 290 g/mol. The Morgan fingerprint density at radius 1 is 1.15 bits per heavy atom. The topological polar surface area (TPSA) is 55.2 Å². The number of benzene rings is 2. The van der Waals surface area contributed by atoms with E-state index in [1.54, 1.807) is 24.3 Å². The van der Waals surface area contributed by atoms with Crippen molar-refractivity contribution in [2.24, 2.45) is 0 Å². The number of hydrogen-bond acceptors (Lipinski definition) is 3. The van der Waals surface area contributed by atoms with E-state index in [4.69, 9.17) is 11.6 Å². The fourth-order valence-electron chi connectivity index (χ4n) is 1.61. The minimum Gasteiger partial charge on any atom is -0.378 e. The van der Waals surface area contributed by atoms with Crippen molar-refractivity contribution < 1.29 is 13.7 Å². The smallest absolute Gasteiger partial charge is 0.307 e. The summed E-state index contributed by atoms with van der Waals surface area (Å²) in [6.07, 6.45) is 0. The maximum Gasteiger partial charge on any atom is 0.307 e. The number of nitrogens with one attached hydrogen (secondary N) is 1. The van der Waals surface area contributed by atoms with E-state index in [0.29, 0.717) is 11.1 Å². The highest BCUT2D eigenvalue weighted by Crippen LogP contribution is 2.25. The Kier molecular flexibility index (Phi) is 4.14. The first-order valence-corrected chi connectivity index (χ1v) is 5.97. The van der Waals surface area contributed by atoms with Crippen molar-refractivity contribution >= 4 is 23.0 Å². The van der Waals surface area contributed by atoms with Gasteiger partial charge in [0.05, 0.1) is 10.6 Å². The maximum absolute atomic E-state index is 13.5. The summed E-state index contributed by atoms with van der Waals surface area (Å²) in [6, 6.07) is 8.11. The number of nitro benzene ring substituents is 1. The highest BCUT2D eigenvalue weighted by Gasteiger charge is 2.18. The summed E-state index contributed by atoms with van der Waals surface area (Å²) in [5.41, 5.74) is -0.0983. The van der Waals surface area contributed by atoms with Gasteiger partial charge in [-0.3, -0.25) is 10.1 Å². The Balaban J connectivity index is 2.18. The zero-order valence-electron chi connectivity index (χ0n) is 10.1. The number of hydrogen-bond donors (Lipinski definition) is 1. The molecule has 0 spiro atoms. The quantitative estimate of drug-likeness (QED) is 0.682. The van der Waals surface area contributed by atoms with Gasteiger partial charge in [0.15, 0.2) is 0 Å². The van der Waals surface area contributed by atoms with E-state index >= 15 is 0 Å². The van der Waals surface area contributed by atoms with Crippen molar-refractivity contribution in [1.29, 1.82) is 0 Å². The molecule has 2 aromatic rings. The number of nitrogens with zero attached hydrogens (tertiary/aromatic N) is 1. The average molecular weight is 299 g/mol. The number of halogens is 3. The Morgan fingerprint density at radius 2 is 1.80 bits per heavy atom. The van der Waals surface area contributed by atoms with Gasteiger partial charge < -0.3 is 5.32 Å². The van der Waals surface area contributed by atoms with E-state index in [1.165, 1.54) is 0 Å². The molecule has 0 aliphatic heterocycles. The van der Waals surface area contributed by atoms with Gasteiger partial charge in [-0.2, -0.15) is 4.39 Å². The molecular formula is C13H9ClF2N2O2. The zero-order chi connectivity index (χ0) is 14.7. The molecule has 2 rings (SSSR count). The van der Waals surface area contributed by atoms with Crippen LogP contribution in [0.4, 0.5) is 20.2 Å². The first-order valence-electron chi connectivity index (χ1n) is 5.59. The predicted molar refractivity (Wildman–Crippen MR) is 71.8 cm³/mol. The summed E-state index contributed by atoms with van der Waals surface area (Å²) < 4.78 is 26.7. The molecule has 7 heteroatoms. The molecule has 0 aromatic heterocycles. The molecule has 0 heterocycles. The second kappa shape index (κ2) is 5.83. The summed E-state index contributed by atoms with van der Waals surface area (Å²) in [4.78, 5) is 9.70. The van der Waals surface area contributed by atoms with E-state index < -0.39 is 22.2 Å². The molecule has 0 unspecified atom stereocenters. The minimum absolute atomic E-state index is 0.131. The zero-order valence-corrected chi connectivity index (χ0v) is 10.8. The van der Waals surface area contributed by atoms with Crippen LogP contribution in [0, 0.1) is 21.7 Å². The Labute approximate surface area is 118 Å². The van der Waals surface area contributed by atoms with Crippen LogP contribution in [0.5, 0.6) is 0 Å². The van der Waals surface area contributed by atoms with Crippen LogP contribution in [-0.4, -0.2) is 4.92 Å².